The van der Waals surface area contributed by atoms with Crippen molar-refractivity contribution >= 4 is 11.9 Å². The minimum absolute atomic E-state index is 0.391. The van der Waals surface area contributed by atoms with E-state index in [0.717, 1.165) is 0 Å². The Morgan fingerprint density at radius 3 is 2.15 bits per heavy atom. The predicted molar refractivity (Wildman–Crippen MR) is 41.1 cm³/mol. The molecule has 0 aromatic rings. The van der Waals surface area contributed by atoms with Gasteiger partial charge in [0.05, 0.1) is 12.7 Å². The summed E-state index contributed by atoms with van der Waals surface area (Å²) in [5.41, 5.74) is -0.450. The molecule has 0 aromatic heterocycles. The van der Waals surface area contributed by atoms with Gasteiger partial charge in [0, 0.05) is 18.1 Å². The molecule has 0 bridgehead atoms. The lowest BCUT2D eigenvalue weighted by Gasteiger charge is -2.06. The Bertz CT molecular complexity index is 231. The molecule has 0 aliphatic heterocycles. The van der Waals surface area contributed by atoms with Crippen molar-refractivity contribution in [3.63, 3.8) is 0 Å². The van der Waals surface area contributed by atoms with E-state index in [4.69, 9.17) is 20.4 Å². The molecule has 74 valence electrons. The zero-order valence-corrected chi connectivity index (χ0v) is 6.67. The summed E-state index contributed by atoms with van der Waals surface area (Å²) >= 11 is 0. The number of aliphatic hydroxyl groups excluding tert-OH is 2. The molecule has 0 spiro atoms. The highest BCUT2D eigenvalue weighted by molar-refractivity contribution is 5.94. The number of rotatable bonds is 5. The van der Waals surface area contributed by atoms with Crippen molar-refractivity contribution in [2.24, 2.45) is 0 Å². The maximum atomic E-state index is 10.4. The summed E-state index contributed by atoms with van der Waals surface area (Å²) in [5.74, 6) is -2.82. The van der Waals surface area contributed by atoms with Gasteiger partial charge >= 0.3 is 11.9 Å². The topological polar surface area (TPSA) is 115 Å². The molecule has 0 saturated carbocycles. The summed E-state index contributed by atoms with van der Waals surface area (Å²) in [6.45, 7) is -0.607. The molecule has 0 aliphatic rings. The van der Waals surface area contributed by atoms with E-state index >= 15 is 0 Å². The molecule has 0 rings (SSSR count). The first-order chi connectivity index (χ1) is 5.97. The predicted octanol–water partition coefficient (Wildman–Crippen LogP) is -1.17. The molecule has 6 heteroatoms. The van der Waals surface area contributed by atoms with E-state index in [1.807, 2.05) is 0 Å². The smallest absolute Gasteiger partial charge is 0.331 e. The fourth-order valence-corrected chi connectivity index (χ4v) is 0.675. The van der Waals surface area contributed by atoms with Crippen LogP contribution in [0.1, 0.15) is 6.42 Å². The van der Waals surface area contributed by atoms with Crippen molar-refractivity contribution in [3.8, 4) is 0 Å². The summed E-state index contributed by atoms with van der Waals surface area (Å²) in [4.78, 5) is 20.5. The quantitative estimate of drug-likeness (QED) is 0.406. The highest BCUT2D eigenvalue weighted by atomic mass is 16.4. The molecule has 0 fully saturated rings. The molecule has 6 nitrogen and oxygen atoms in total. The van der Waals surface area contributed by atoms with E-state index < -0.39 is 36.6 Å². The van der Waals surface area contributed by atoms with E-state index in [1.165, 1.54) is 0 Å². The molecule has 0 aliphatic carbocycles. The Kier molecular flexibility index (Phi) is 4.71. The van der Waals surface area contributed by atoms with Gasteiger partial charge in [0.2, 0.25) is 0 Å². The molecule has 4 N–H and O–H groups in total. The minimum Gasteiger partial charge on any atom is -0.478 e. The zero-order chi connectivity index (χ0) is 10.4. The molecule has 1 atom stereocenters. The molecule has 13 heavy (non-hydrogen) atoms. The van der Waals surface area contributed by atoms with Gasteiger partial charge in [-0.2, -0.15) is 0 Å². The minimum atomic E-state index is -1.42. The average molecular weight is 190 g/mol. The molecule has 0 heterocycles. The van der Waals surface area contributed by atoms with Crippen LogP contribution in [0.3, 0.4) is 0 Å². The van der Waals surface area contributed by atoms with E-state index in [1.54, 1.807) is 0 Å². The Hall–Kier alpha value is -1.40. The van der Waals surface area contributed by atoms with Gasteiger partial charge in [-0.15, -0.1) is 0 Å². The van der Waals surface area contributed by atoms with Gasteiger partial charge in [-0.25, -0.2) is 9.59 Å². The Balaban J connectivity index is 4.44. The molecule has 0 amide bonds. The van der Waals surface area contributed by atoms with E-state index in [-0.39, 0.29) is 0 Å². The van der Waals surface area contributed by atoms with Crippen LogP contribution in [0, 0.1) is 0 Å². The zero-order valence-electron chi connectivity index (χ0n) is 6.67. The van der Waals surface area contributed by atoms with Crippen LogP contribution in [0.4, 0.5) is 0 Å². The summed E-state index contributed by atoms with van der Waals surface area (Å²) < 4.78 is 0. The van der Waals surface area contributed by atoms with Gasteiger partial charge < -0.3 is 20.4 Å². The van der Waals surface area contributed by atoms with Gasteiger partial charge in [0.1, 0.15) is 0 Å². The number of carbonyl (C=O) groups is 2. The van der Waals surface area contributed by atoms with Gasteiger partial charge in [0.15, 0.2) is 0 Å². The van der Waals surface area contributed by atoms with Crippen molar-refractivity contribution in [2.75, 3.05) is 6.61 Å². The molecule has 0 aromatic carbocycles. The van der Waals surface area contributed by atoms with Gasteiger partial charge in [0.25, 0.3) is 0 Å². The second-order valence-corrected chi connectivity index (χ2v) is 2.35. The van der Waals surface area contributed by atoms with E-state index in [0.29, 0.717) is 6.08 Å². The third-order valence-electron chi connectivity index (χ3n) is 1.24. The fourth-order valence-electron chi connectivity index (χ4n) is 0.675. The van der Waals surface area contributed by atoms with Crippen LogP contribution < -0.4 is 0 Å². The number of hydrogen-bond donors (Lipinski definition) is 4. The fraction of sp³-hybridized carbons (Fsp3) is 0.429. The standard InChI is InChI=1S/C7H10O6/c8-3-5(9)1-4(7(12)13)2-6(10)11/h2,5,8-9H,1,3H2,(H,10,11)(H,12,13). The van der Waals surface area contributed by atoms with Crippen LogP contribution in [0.2, 0.25) is 0 Å². The first-order valence-corrected chi connectivity index (χ1v) is 3.43. The van der Waals surface area contributed by atoms with Crippen molar-refractivity contribution in [1.29, 1.82) is 0 Å². The normalized spacial score (nSPS) is 13.8. The van der Waals surface area contributed by atoms with Crippen LogP contribution in [-0.4, -0.2) is 45.1 Å². The number of hydrogen-bond acceptors (Lipinski definition) is 4. The summed E-state index contributed by atoms with van der Waals surface area (Å²) in [7, 11) is 0. The first-order valence-electron chi connectivity index (χ1n) is 3.43. The highest BCUT2D eigenvalue weighted by Crippen LogP contribution is 2.05. The van der Waals surface area contributed by atoms with E-state index in [9.17, 15) is 9.59 Å². The maximum Gasteiger partial charge on any atom is 0.331 e. The van der Waals surface area contributed by atoms with Gasteiger partial charge in [-0.3, -0.25) is 0 Å². The average Bonchev–Trinajstić information content (AvgIpc) is 2.02. The lowest BCUT2D eigenvalue weighted by molar-refractivity contribution is -0.135. The van der Waals surface area contributed by atoms with Crippen LogP contribution >= 0.6 is 0 Å². The summed E-state index contributed by atoms with van der Waals surface area (Å²) in [5, 5.41) is 33.9. The number of carboxylic acids is 2. The van der Waals surface area contributed by atoms with Crippen LogP contribution in [0.15, 0.2) is 11.6 Å². The lowest BCUT2D eigenvalue weighted by Crippen LogP contribution is -2.17. The SMILES string of the molecule is O=C(O)C=C(CC(O)CO)C(=O)O. The van der Waals surface area contributed by atoms with Crippen molar-refractivity contribution in [2.45, 2.75) is 12.5 Å². The molecule has 0 radical (unpaired) electrons. The Morgan fingerprint density at radius 1 is 1.31 bits per heavy atom. The molecular weight excluding hydrogens is 180 g/mol. The summed E-state index contributed by atoms with van der Waals surface area (Å²) in [6, 6.07) is 0. The summed E-state index contributed by atoms with van der Waals surface area (Å²) in [6.07, 6.45) is -1.15. The lowest BCUT2D eigenvalue weighted by atomic mass is 10.1. The molecular formula is C7H10O6. The molecule has 0 saturated heterocycles. The Labute approximate surface area is 73.7 Å². The maximum absolute atomic E-state index is 10.4. The number of carboxylic acid groups (broad SMARTS) is 2. The van der Waals surface area contributed by atoms with E-state index in [2.05, 4.69) is 0 Å². The largest absolute Gasteiger partial charge is 0.478 e. The second kappa shape index (κ2) is 5.28. The Morgan fingerprint density at radius 2 is 1.85 bits per heavy atom. The van der Waals surface area contributed by atoms with Crippen molar-refractivity contribution < 1.29 is 30.0 Å². The highest BCUT2D eigenvalue weighted by Gasteiger charge is 2.14. The van der Waals surface area contributed by atoms with Crippen molar-refractivity contribution in [3.05, 3.63) is 11.6 Å². The third kappa shape index (κ3) is 4.94. The number of aliphatic hydroxyl groups is 2. The second-order valence-electron chi connectivity index (χ2n) is 2.35. The monoisotopic (exact) mass is 190 g/mol. The number of aliphatic carboxylic acids is 2. The van der Waals surface area contributed by atoms with Crippen molar-refractivity contribution in [1.82, 2.24) is 0 Å². The third-order valence-corrected chi connectivity index (χ3v) is 1.24. The molecule has 1 unspecified atom stereocenters. The van der Waals surface area contributed by atoms with Gasteiger partial charge in [-0.1, -0.05) is 0 Å². The van der Waals surface area contributed by atoms with Gasteiger partial charge in [-0.05, 0) is 0 Å². The van der Waals surface area contributed by atoms with Crippen LogP contribution in [-0.2, 0) is 9.59 Å². The van der Waals surface area contributed by atoms with Crippen LogP contribution in [0.25, 0.3) is 0 Å². The van der Waals surface area contributed by atoms with Crippen LogP contribution in [0.5, 0.6) is 0 Å². The first kappa shape index (κ1) is 11.6.